The summed E-state index contributed by atoms with van der Waals surface area (Å²) >= 11 is 0. The number of carbonyl (C=O) groups excluding carboxylic acids is 1. The summed E-state index contributed by atoms with van der Waals surface area (Å²) in [5.41, 5.74) is 10.7. The number of nitrogens with two attached hydrogens (primary N) is 2. The normalized spacial score (nSPS) is 11.0. The highest BCUT2D eigenvalue weighted by Crippen LogP contribution is 2.19. The van der Waals surface area contributed by atoms with Gasteiger partial charge in [-0.05, 0) is 48.4 Å². The molecule has 0 aliphatic rings. The van der Waals surface area contributed by atoms with Gasteiger partial charge in [-0.3, -0.25) is 5.01 Å². The number of rotatable bonds is 5. The summed E-state index contributed by atoms with van der Waals surface area (Å²) in [7, 11) is 0. The molecule has 0 aromatic heterocycles. The Hall–Kier alpha value is -3.77. The smallest absolute Gasteiger partial charge is 0.323 e. The molecule has 142 valence electrons. The molecule has 3 aromatic rings. The molecule has 0 spiro atoms. The number of para-hydroxylation sites is 1. The van der Waals surface area contributed by atoms with Gasteiger partial charge in [0, 0.05) is 17.6 Å². The molecule has 3 rings (SSSR count). The van der Waals surface area contributed by atoms with Crippen LogP contribution in [0, 0.1) is 6.92 Å². The van der Waals surface area contributed by atoms with Crippen molar-refractivity contribution in [2.24, 2.45) is 11.6 Å². The number of aryl methyl sites for hydroxylation is 1. The van der Waals surface area contributed by atoms with Gasteiger partial charge in [-0.25, -0.2) is 10.6 Å². The van der Waals surface area contributed by atoms with Crippen LogP contribution in [0.25, 0.3) is 5.70 Å². The summed E-state index contributed by atoms with van der Waals surface area (Å²) in [6.45, 7) is 1.94. The minimum Gasteiger partial charge on any atom is -0.397 e. The van der Waals surface area contributed by atoms with E-state index in [9.17, 15) is 4.79 Å². The number of nitrogens with zero attached hydrogens (tertiary/aromatic N) is 1. The molecule has 6 nitrogen and oxygen atoms in total. The van der Waals surface area contributed by atoms with Crippen molar-refractivity contribution in [1.29, 1.82) is 0 Å². The first-order valence-corrected chi connectivity index (χ1v) is 8.83. The van der Waals surface area contributed by atoms with E-state index >= 15 is 0 Å². The van der Waals surface area contributed by atoms with E-state index in [1.54, 1.807) is 30.5 Å². The van der Waals surface area contributed by atoms with Crippen LogP contribution < -0.4 is 27.2 Å². The Labute approximate surface area is 164 Å². The Balaban J connectivity index is 1.63. The molecular formula is C22H23N5O. The highest BCUT2D eigenvalue weighted by Gasteiger charge is 2.06. The topological polar surface area (TPSA) is 96.4 Å². The molecule has 0 saturated carbocycles. The molecule has 0 bridgehead atoms. The van der Waals surface area contributed by atoms with E-state index in [0.717, 1.165) is 22.5 Å². The Kier molecular flexibility index (Phi) is 5.94. The maximum Gasteiger partial charge on any atom is 0.323 e. The second-order valence-electron chi connectivity index (χ2n) is 6.30. The quantitative estimate of drug-likeness (QED) is 0.396. The first-order valence-electron chi connectivity index (χ1n) is 8.83. The van der Waals surface area contributed by atoms with E-state index in [1.807, 2.05) is 61.5 Å². The SMILES string of the molecule is Cc1ccccc1NC(=O)Nc1ccc(N(N)/C=C(\N)c2ccccc2)cc1. The van der Waals surface area contributed by atoms with E-state index < -0.39 is 0 Å². The van der Waals surface area contributed by atoms with E-state index in [2.05, 4.69) is 10.6 Å². The first kappa shape index (κ1) is 19.0. The number of carbonyl (C=O) groups is 1. The Bertz CT molecular complexity index is 968. The highest BCUT2D eigenvalue weighted by atomic mass is 16.2. The number of anilines is 3. The van der Waals surface area contributed by atoms with Crippen LogP contribution in [0.1, 0.15) is 11.1 Å². The van der Waals surface area contributed by atoms with Crippen LogP contribution in [-0.2, 0) is 0 Å². The van der Waals surface area contributed by atoms with Crippen LogP contribution in [0.2, 0.25) is 0 Å². The molecule has 28 heavy (non-hydrogen) atoms. The van der Waals surface area contributed by atoms with Crippen LogP contribution in [0.15, 0.2) is 85.1 Å². The number of nitrogens with one attached hydrogen (secondary N) is 2. The van der Waals surface area contributed by atoms with Crippen molar-refractivity contribution in [2.45, 2.75) is 6.92 Å². The standard InChI is InChI=1S/C22H23N5O/c1-16-7-5-6-10-21(16)26-22(28)25-18-11-13-19(14-12-18)27(24)15-20(23)17-8-3-2-4-9-17/h2-15H,23-24H2,1H3,(H2,25,26,28)/b20-15-. The van der Waals surface area contributed by atoms with Gasteiger partial charge in [-0.15, -0.1) is 0 Å². The van der Waals surface area contributed by atoms with Crippen molar-refractivity contribution in [3.63, 3.8) is 0 Å². The van der Waals surface area contributed by atoms with Gasteiger partial charge in [0.05, 0.1) is 11.4 Å². The first-order chi connectivity index (χ1) is 13.5. The van der Waals surface area contributed by atoms with Gasteiger partial charge in [0.2, 0.25) is 0 Å². The predicted octanol–water partition coefficient (Wildman–Crippen LogP) is 4.28. The zero-order chi connectivity index (χ0) is 19.9. The second-order valence-corrected chi connectivity index (χ2v) is 6.30. The molecule has 0 unspecified atom stereocenters. The van der Waals surface area contributed by atoms with Crippen molar-refractivity contribution >= 4 is 28.8 Å². The highest BCUT2D eigenvalue weighted by molar-refractivity contribution is 6.00. The number of hydrogen-bond donors (Lipinski definition) is 4. The zero-order valence-corrected chi connectivity index (χ0v) is 15.6. The maximum absolute atomic E-state index is 12.2. The molecule has 2 amide bonds. The van der Waals surface area contributed by atoms with Crippen LogP contribution in [0.4, 0.5) is 21.9 Å². The maximum atomic E-state index is 12.2. The Morgan fingerprint density at radius 3 is 2.21 bits per heavy atom. The van der Waals surface area contributed by atoms with Gasteiger partial charge < -0.3 is 16.4 Å². The minimum atomic E-state index is -0.306. The number of hydrogen-bond acceptors (Lipinski definition) is 4. The van der Waals surface area contributed by atoms with E-state index in [1.165, 1.54) is 5.01 Å². The fourth-order valence-corrected chi connectivity index (χ4v) is 2.64. The molecular weight excluding hydrogens is 350 g/mol. The van der Waals surface area contributed by atoms with Crippen LogP contribution >= 0.6 is 0 Å². The van der Waals surface area contributed by atoms with Crippen molar-refractivity contribution in [1.82, 2.24) is 0 Å². The molecule has 0 fully saturated rings. The molecule has 0 heterocycles. The summed E-state index contributed by atoms with van der Waals surface area (Å²) in [6, 6.07) is 24.0. The van der Waals surface area contributed by atoms with E-state index in [0.29, 0.717) is 11.4 Å². The predicted molar refractivity (Wildman–Crippen MR) is 116 cm³/mol. The molecule has 0 aliphatic heterocycles. The second kappa shape index (κ2) is 8.75. The summed E-state index contributed by atoms with van der Waals surface area (Å²) in [4.78, 5) is 12.2. The summed E-state index contributed by atoms with van der Waals surface area (Å²) in [5.74, 6) is 6.08. The third-order valence-electron chi connectivity index (χ3n) is 4.20. The Morgan fingerprint density at radius 2 is 1.54 bits per heavy atom. The molecule has 0 atom stereocenters. The molecule has 3 aromatic carbocycles. The average molecular weight is 373 g/mol. The molecule has 0 radical (unpaired) electrons. The monoisotopic (exact) mass is 373 g/mol. The Morgan fingerprint density at radius 1 is 0.893 bits per heavy atom. The van der Waals surface area contributed by atoms with E-state index in [4.69, 9.17) is 11.6 Å². The fraction of sp³-hybridized carbons (Fsp3) is 0.0455. The number of amides is 2. The van der Waals surface area contributed by atoms with Crippen molar-refractivity contribution in [2.75, 3.05) is 15.6 Å². The third-order valence-corrected chi connectivity index (χ3v) is 4.20. The zero-order valence-electron chi connectivity index (χ0n) is 15.6. The number of hydrazine groups is 1. The molecule has 6 heteroatoms. The third kappa shape index (κ3) is 4.90. The lowest BCUT2D eigenvalue weighted by atomic mass is 10.2. The van der Waals surface area contributed by atoms with Gasteiger partial charge in [-0.2, -0.15) is 0 Å². The van der Waals surface area contributed by atoms with Crippen LogP contribution in [-0.4, -0.2) is 6.03 Å². The van der Waals surface area contributed by atoms with Gasteiger partial charge >= 0.3 is 6.03 Å². The van der Waals surface area contributed by atoms with Crippen LogP contribution in [0.5, 0.6) is 0 Å². The largest absolute Gasteiger partial charge is 0.397 e. The lowest BCUT2D eigenvalue weighted by Gasteiger charge is -2.16. The summed E-state index contributed by atoms with van der Waals surface area (Å²) < 4.78 is 0. The lowest BCUT2D eigenvalue weighted by molar-refractivity contribution is 0.262. The van der Waals surface area contributed by atoms with Crippen molar-refractivity contribution in [3.05, 3.63) is 96.2 Å². The van der Waals surface area contributed by atoms with Gasteiger partial charge in [0.1, 0.15) is 0 Å². The lowest BCUT2D eigenvalue weighted by Crippen LogP contribution is -2.25. The van der Waals surface area contributed by atoms with Crippen molar-refractivity contribution < 1.29 is 4.79 Å². The van der Waals surface area contributed by atoms with Crippen LogP contribution in [0.3, 0.4) is 0 Å². The molecule has 6 N–H and O–H groups in total. The summed E-state index contributed by atoms with van der Waals surface area (Å²) in [5, 5.41) is 7.07. The molecule has 0 saturated heterocycles. The fourth-order valence-electron chi connectivity index (χ4n) is 2.64. The van der Waals surface area contributed by atoms with Gasteiger partial charge in [0.25, 0.3) is 0 Å². The average Bonchev–Trinajstić information content (AvgIpc) is 2.71. The number of urea groups is 1. The summed E-state index contributed by atoms with van der Waals surface area (Å²) in [6.07, 6.45) is 1.66. The van der Waals surface area contributed by atoms with E-state index in [-0.39, 0.29) is 6.03 Å². The van der Waals surface area contributed by atoms with Gasteiger partial charge in [-0.1, -0.05) is 48.5 Å². The minimum absolute atomic E-state index is 0.306. The van der Waals surface area contributed by atoms with Crippen molar-refractivity contribution in [3.8, 4) is 0 Å². The molecule has 0 aliphatic carbocycles. The number of benzene rings is 3. The van der Waals surface area contributed by atoms with Gasteiger partial charge in [0.15, 0.2) is 0 Å².